The van der Waals surface area contributed by atoms with Crippen LogP contribution >= 0.6 is 0 Å². The van der Waals surface area contributed by atoms with E-state index in [1.807, 2.05) is 6.92 Å². The van der Waals surface area contributed by atoms with Gasteiger partial charge < -0.3 is 10.2 Å². The number of sulfonamides is 1. The molecule has 0 atom stereocenters. The van der Waals surface area contributed by atoms with Gasteiger partial charge in [0, 0.05) is 32.7 Å². The molecule has 1 N–H and O–H groups in total. The van der Waals surface area contributed by atoms with Gasteiger partial charge in [-0.2, -0.15) is 4.31 Å². The van der Waals surface area contributed by atoms with Crippen molar-refractivity contribution in [1.29, 1.82) is 0 Å². The van der Waals surface area contributed by atoms with Gasteiger partial charge in [0.25, 0.3) is 0 Å². The molecule has 0 unspecified atom stereocenters. The Kier molecular flexibility index (Phi) is 6.46. The Morgan fingerprint density at radius 3 is 2.19 bits per heavy atom. The molecule has 0 bridgehead atoms. The van der Waals surface area contributed by atoms with Crippen LogP contribution in [0.4, 0.5) is 4.79 Å². The first kappa shape index (κ1) is 18.2. The fourth-order valence-corrected chi connectivity index (χ4v) is 3.71. The highest BCUT2D eigenvalue weighted by atomic mass is 32.2. The van der Waals surface area contributed by atoms with E-state index >= 15 is 0 Å². The lowest BCUT2D eigenvalue weighted by Gasteiger charge is -2.34. The molecule has 0 aromatic heterocycles. The summed E-state index contributed by atoms with van der Waals surface area (Å²) in [4.78, 5) is 13.7. The van der Waals surface area contributed by atoms with Crippen molar-refractivity contribution in [2.75, 3.05) is 38.5 Å². The third kappa shape index (κ3) is 6.22. The predicted molar refractivity (Wildman–Crippen MR) is 84.7 cm³/mol. The molecular formula is C14H29N3O3S. The van der Waals surface area contributed by atoms with Crippen LogP contribution in [-0.2, 0) is 10.0 Å². The minimum Gasteiger partial charge on any atom is -0.337 e. The van der Waals surface area contributed by atoms with Gasteiger partial charge in [-0.15, -0.1) is 0 Å². The lowest BCUT2D eigenvalue weighted by Crippen LogP contribution is -2.54. The van der Waals surface area contributed by atoms with Crippen molar-refractivity contribution in [2.24, 2.45) is 5.41 Å². The molecule has 1 aliphatic heterocycles. The molecule has 7 heteroatoms. The van der Waals surface area contributed by atoms with Crippen LogP contribution in [0.1, 0.15) is 40.5 Å². The Bertz CT molecular complexity index is 435. The Morgan fingerprint density at radius 2 is 1.71 bits per heavy atom. The summed E-state index contributed by atoms with van der Waals surface area (Å²) in [6.07, 6.45) is 1.56. The minimum atomic E-state index is -3.16. The summed E-state index contributed by atoms with van der Waals surface area (Å²) in [6.45, 7) is 10.5. The summed E-state index contributed by atoms with van der Waals surface area (Å²) in [7, 11) is -3.16. The maximum Gasteiger partial charge on any atom is 0.317 e. The van der Waals surface area contributed by atoms with E-state index in [9.17, 15) is 13.2 Å². The van der Waals surface area contributed by atoms with Gasteiger partial charge >= 0.3 is 6.03 Å². The van der Waals surface area contributed by atoms with E-state index < -0.39 is 10.0 Å². The first-order chi connectivity index (χ1) is 9.65. The van der Waals surface area contributed by atoms with Crippen LogP contribution in [-0.4, -0.2) is 62.1 Å². The highest BCUT2D eigenvalue weighted by Crippen LogP contribution is 2.12. The molecule has 1 rings (SSSR count). The monoisotopic (exact) mass is 319 g/mol. The van der Waals surface area contributed by atoms with Crippen molar-refractivity contribution in [3.63, 3.8) is 0 Å². The summed E-state index contributed by atoms with van der Waals surface area (Å²) < 4.78 is 25.7. The molecule has 0 aromatic carbocycles. The molecule has 21 heavy (non-hydrogen) atoms. The molecule has 1 heterocycles. The van der Waals surface area contributed by atoms with E-state index in [0.717, 1.165) is 6.42 Å². The summed E-state index contributed by atoms with van der Waals surface area (Å²) >= 11 is 0. The van der Waals surface area contributed by atoms with Crippen LogP contribution in [0.3, 0.4) is 0 Å². The van der Waals surface area contributed by atoms with Crippen LogP contribution in [0, 0.1) is 5.41 Å². The SMILES string of the molecule is CCCCS(=O)(=O)N1CCN(C(=O)NCC(C)(C)C)CC1. The predicted octanol–water partition coefficient (Wildman–Crippen LogP) is 1.49. The van der Waals surface area contributed by atoms with E-state index in [4.69, 9.17) is 0 Å². The number of nitrogens with one attached hydrogen (secondary N) is 1. The van der Waals surface area contributed by atoms with Crippen LogP contribution < -0.4 is 5.32 Å². The smallest absolute Gasteiger partial charge is 0.317 e. The number of amides is 2. The van der Waals surface area contributed by atoms with Gasteiger partial charge in [-0.25, -0.2) is 13.2 Å². The third-order valence-electron chi connectivity index (χ3n) is 3.45. The van der Waals surface area contributed by atoms with E-state index in [1.54, 1.807) is 4.90 Å². The van der Waals surface area contributed by atoms with Crippen LogP contribution in [0.5, 0.6) is 0 Å². The lowest BCUT2D eigenvalue weighted by atomic mass is 9.97. The average molecular weight is 319 g/mol. The highest BCUT2D eigenvalue weighted by Gasteiger charge is 2.28. The van der Waals surface area contributed by atoms with E-state index in [2.05, 4.69) is 26.1 Å². The molecular weight excluding hydrogens is 290 g/mol. The summed E-state index contributed by atoms with van der Waals surface area (Å²) in [5.74, 6) is 0.208. The Balaban J connectivity index is 2.43. The molecule has 2 amide bonds. The second kappa shape index (κ2) is 7.45. The van der Waals surface area contributed by atoms with E-state index in [1.165, 1.54) is 4.31 Å². The topological polar surface area (TPSA) is 69.7 Å². The van der Waals surface area contributed by atoms with Crippen LogP contribution in [0.2, 0.25) is 0 Å². The van der Waals surface area contributed by atoms with Crippen molar-refractivity contribution in [2.45, 2.75) is 40.5 Å². The second-order valence-corrected chi connectivity index (χ2v) is 8.86. The Hall–Kier alpha value is -0.820. The molecule has 0 aromatic rings. The number of hydrogen-bond acceptors (Lipinski definition) is 3. The van der Waals surface area contributed by atoms with E-state index in [-0.39, 0.29) is 17.2 Å². The first-order valence-corrected chi connectivity index (χ1v) is 9.27. The summed E-state index contributed by atoms with van der Waals surface area (Å²) in [6, 6.07) is -0.101. The zero-order valence-electron chi connectivity index (χ0n) is 13.7. The molecule has 0 aliphatic carbocycles. The minimum absolute atomic E-state index is 0.0426. The van der Waals surface area contributed by atoms with Gasteiger partial charge in [-0.05, 0) is 11.8 Å². The van der Waals surface area contributed by atoms with Crippen molar-refractivity contribution >= 4 is 16.1 Å². The Morgan fingerprint density at radius 1 is 1.14 bits per heavy atom. The molecule has 0 spiro atoms. The molecule has 124 valence electrons. The number of carbonyl (C=O) groups is 1. The third-order valence-corrected chi connectivity index (χ3v) is 5.40. The van der Waals surface area contributed by atoms with Crippen molar-refractivity contribution < 1.29 is 13.2 Å². The quantitative estimate of drug-likeness (QED) is 0.834. The van der Waals surface area contributed by atoms with Gasteiger partial charge in [0.05, 0.1) is 5.75 Å². The fourth-order valence-electron chi connectivity index (χ4n) is 2.08. The number of unbranched alkanes of at least 4 members (excludes halogenated alkanes) is 1. The number of nitrogens with zero attached hydrogens (tertiary/aromatic N) is 2. The zero-order chi connectivity index (χ0) is 16.1. The summed E-state index contributed by atoms with van der Waals surface area (Å²) in [5.41, 5.74) is 0.0426. The molecule has 0 radical (unpaired) electrons. The number of hydrogen-bond donors (Lipinski definition) is 1. The van der Waals surface area contributed by atoms with Gasteiger partial charge in [0.15, 0.2) is 0 Å². The fraction of sp³-hybridized carbons (Fsp3) is 0.929. The summed E-state index contributed by atoms with van der Waals surface area (Å²) in [5, 5.41) is 2.90. The van der Waals surface area contributed by atoms with Crippen molar-refractivity contribution in [1.82, 2.24) is 14.5 Å². The molecule has 1 fully saturated rings. The number of carbonyl (C=O) groups excluding carboxylic acids is 1. The normalized spacial score (nSPS) is 17.8. The van der Waals surface area contributed by atoms with Gasteiger partial charge in [-0.3, -0.25) is 0 Å². The second-order valence-electron chi connectivity index (χ2n) is 6.78. The van der Waals surface area contributed by atoms with Crippen molar-refractivity contribution in [3.8, 4) is 0 Å². The average Bonchev–Trinajstić information content (AvgIpc) is 2.42. The van der Waals surface area contributed by atoms with Crippen LogP contribution in [0.25, 0.3) is 0 Å². The first-order valence-electron chi connectivity index (χ1n) is 7.66. The zero-order valence-corrected chi connectivity index (χ0v) is 14.5. The van der Waals surface area contributed by atoms with Gasteiger partial charge in [0.1, 0.15) is 0 Å². The Labute approximate surface area is 128 Å². The maximum atomic E-state index is 12.1. The maximum absolute atomic E-state index is 12.1. The lowest BCUT2D eigenvalue weighted by molar-refractivity contribution is 0.169. The number of piperazine rings is 1. The van der Waals surface area contributed by atoms with Gasteiger partial charge in [-0.1, -0.05) is 34.1 Å². The molecule has 1 aliphatic rings. The van der Waals surface area contributed by atoms with Gasteiger partial charge in [0.2, 0.25) is 10.0 Å². The standard InChI is InChI=1S/C14H29N3O3S/c1-5-6-11-21(19,20)17-9-7-16(8-10-17)13(18)15-12-14(2,3)4/h5-12H2,1-4H3,(H,15,18). The molecule has 0 saturated carbocycles. The van der Waals surface area contributed by atoms with E-state index in [0.29, 0.717) is 39.1 Å². The number of urea groups is 1. The highest BCUT2D eigenvalue weighted by molar-refractivity contribution is 7.89. The largest absolute Gasteiger partial charge is 0.337 e. The van der Waals surface area contributed by atoms with Crippen molar-refractivity contribution in [3.05, 3.63) is 0 Å². The van der Waals surface area contributed by atoms with Crippen LogP contribution in [0.15, 0.2) is 0 Å². The molecule has 1 saturated heterocycles. The number of rotatable bonds is 5. The molecule has 6 nitrogen and oxygen atoms in total.